The van der Waals surface area contributed by atoms with E-state index in [1.807, 2.05) is 30.3 Å². The number of carbonyl (C=O) groups excluding carboxylic acids is 1. The molecule has 0 amide bonds. The summed E-state index contributed by atoms with van der Waals surface area (Å²) in [6.07, 6.45) is 0. The summed E-state index contributed by atoms with van der Waals surface area (Å²) in [4.78, 5) is 15.8. The van der Waals surface area contributed by atoms with Gasteiger partial charge in [0.1, 0.15) is 3.79 Å². The lowest BCUT2D eigenvalue weighted by Gasteiger charge is -2.00. The van der Waals surface area contributed by atoms with E-state index in [0.29, 0.717) is 21.2 Å². The molecule has 18 heavy (non-hydrogen) atoms. The number of hydrogen-bond donors (Lipinski definition) is 1. The van der Waals surface area contributed by atoms with Crippen LogP contribution >= 0.6 is 27.3 Å². The van der Waals surface area contributed by atoms with E-state index in [9.17, 15) is 4.79 Å². The monoisotopic (exact) mass is 326 g/mol. The molecule has 0 spiro atoms. The summed E-state index contributed by atoms with van der Waals surface area (Å²) in [6.45, 7) is 2.10. The number of nitrogens with zero attached hydrogens (tertiary/aromatic N) is 1. The summed E-state index contributed by atoms with van der Waals surface area (Å²) in [5.41, 5.74) is 1.23. The van der Waals surface area contributed by atoms with Gasteiger partial charge in [-0.05, 0) is 35.0 Å². The largest absolute Gasteiger partial charge is 0.461 e. The van der Waals surface area contributed by atoms with Crippen molar-refractivity contribution >= 4 is 44.1 Å². The first-order valence-corrected chi connectivity index (χ1v) is 6.97. The first-order valence-electron chi connectivity index (χ1n) is 5.36. The zero-order valence-corrected chi connectivity index (χ0v) is 12.0. The SMILES string of the molecule is CCOC(=O)c1nc(Nc2ccccc2)sc1Br. The highest BCUT2D eigenvalue weighted by Gasteiger charge is 2.17. The molecular weight excluding hydrogens is 316 g/mol. The summed E-state index contributed by atoms with van der Waals surface area (Å²) in [5, 5.41) is 3.78. The van der Waals surface area contributed by atoms with Crippen molar-refractivity contribution in [3.63, 3.8) is 0 Å². The number of para-hydroxylation sites is 1. The van der Waals surface area contributed by atoms with Crippen molar-refractivity contribution < 1.29 is 9.53 Å². The van der Waals surface area contributed by atoms with E-state index in [4.69, 9.17) is 4.74 Å². The average Bonchev–Trinajstić information content (AvgIpc) is 2.72. The molecule has 0 aliphatic heterocycles. The first kappa shape index (κ1) is 13.0. The van der Waals surface area contributed by atoms with Crippen molar-refractivity contribution in [3.05, 3.63) is 39.8 Å². The van der Waals surface area contributed by atoms with Crippen LogP contribution in [0.15, 0.2) is 34.1 Å². The van der Waals surface area contributed by atoms with Gasteiger partial charge in [0.2, 0.25) is 0 Å². The Balaban J connectivity index is 2.16. The van der Waals surface area contributed by atoms with Gasteiger partial charge in [-0.15, -0.1) is 0 Å². The standard InChI is InChI=1S/C12H11BrN2O2S/c1-2-17-11(16)9-10(13)18-12(15-9)14-8-6-4-3-5-7-8/h3-7H,2H2,1H3,(H,14,15). The van der Waals surface area contributed by atoms with Gasteiger partial charge in [-0.3, -0.25) is 0 Å². The lowest BCUT2D eigenvalue weighted by Crippen LogP contribution is -2.05. The maximum absolute atomic E-state index is 11.6. The summed E-state index contributed by atoms with van der Waals surface area (Å²) >= 11 is 4.67. The van der Waals surface area contributed by atoms with Crippen LogP contribution < -0.4 is 5.32 Å². The highest BCUT2D eigenvalue weighted by molar-refractivity contribution is 9.11. The van der Waals surface area contributed by atoms with Crippen LogP contribution in [-0.4, -0.2) is 17.6 Å². The van der Waals surface area contributed by atoms with Crippen molar-refractivity contribution in [2.24, 2.45) is 0 Å². The van der Waals surface area contributed by atoms with Crippen molar-refractivity contribution in [1.29, 1.82) is 0 Å². The molecule has 1 N–H and O–H groups in total. The third-order valence-electron chi connectivity index (χ3n) is 2.08. The molecule has 0 saturated heterocycles. The van der Waals surface area contributed by atoms with Crippen molar-refractivity contribution in [2.75, 3.05) is 11.9 Å². The van der Waals surface area contributed by atoms with Crippen LogP contribution in [0.3, 0.4) is 0 Å². The first-order chi connectivity index (χ1) is 8.70. The molecule has 1 aromatic carbocycles. The van der Waals surface area contributed by atoms with E-state index in [0.717, 1.165) is 5.69 Å². The van der Waals surface area contributed by atoms with Crippen LogP contribution in [-0.2, 0) is 4.74 Å². The van der Waals surface area contributed by atoms with Gasteiger partial charge in [-0.1, -0.05) is 29.5 Å². The number of esters is 1. The second kappa shape index (κ2) is 5.97. The highest BCUT2D eigenvalue weighted by Crippen LogP contribution is 2.30. The fourth-order valence-electron chi connectivity index (χ4n) is 1.33. The molecule has 1 heterocycles. The number of ether oxygens (including phenoxy) is 1. The van der Waals surface area contributed by atoms with Gasteiger partial charge in [0.15, 0.2) is 10.8 Å². The molecule has 0 bridgehead atoms. The van der Waals surface area contributed by atoms with Gasteiger partial charge in [0, 0.05) is 5.69 Å². The third kappa shape index (κ3) is 3.08. The van der Waals surface area contributed by atoms with Gasteiger partial charge in [-0.2, -0.15) is 0 Å². The molecule has 6 heteroatoms. The second-order valence-corrected chi connectivity index (χ2v) is 5.67. The number of hydrogen-bond acceptors (Lipinski definition) is 5. The highest BCUT2D eigenvalue weighted by atomic mass is 79.9. The van der Waals surface area contributed by atoms with Gasteiger partial charge < -0.3 is 10.1 Å². The number of benzene rings is 1. The van der Waals surface area contributed by atoms with E-state index in [1.54, 1.807) is 6.92 Å². The van der Waals surface area contributed by atoms with Gasteiger partial charge in [-0.25, -0.2) is 9.78 Å². The quantitative estimate of drug-likeness (QED) is 0.867. The van der Waals surface area contributed by atoms with Gasteiger partial charge in [0.05, 0.1) is 6.61 Å². The topological polar surface area (TPSA) is 51.2 Å². The molecule has 0 saturated carbocycles. The summed E-state index contributed by atoms with van der Waals surface area (Å²) < 4.78 is 5.59. The molecule has 0 aliphatic rings. The van der Waals surface area contributed by atoms with Gasteiger partial charge >= 0.3 is 5.97 Å². The second-order valence-electron chi connectivity index (χ2n) is 3.35. The predicted molar refractivity (Wildman–Crippen MR) is 75.5 cm³/mol. The smallest absolute Gasteiger partial charge is 0.359 e. The molecule has 1 aromatic heterocycles. The van der Waals surface area contributed by atoms with E-state index in [1.165, 1.54) is 11.3 Å². The minimum Gasteiger partial charge on any atom is -0.461 e. The third-order valence-corrected chi connectivity index (χ3v) is 3.70. The molecule has 0 fully saturated rings. The Bertz CT molecular complexity index is 542. The molecule has 94 valence electrons. The molecule has 2 aromatic rings. The fraction of sp³-hybridized carbons (Fsp3) is 0.167. The van der Waals surface area contributed by atoms with E-state index in [2.05, 4.69) is 26.2 Å². The lowest BCUT2D eigenvalue weighted by molar-refractivity contribution is 0.0519. The Morgan fingerprint density at radius 2 is 2.17 bits per heavy atom. The molecule has 2 rings (SSSR count). The summed E-state index contributed by atoms with van der Waals surface area (Å²) in [5.74, 6) is -0.415. The number of halogens is 1. The van der Waals surface area contributed by atoms with Crippen LogP contribution in [0.5, 0.6) is 0 Å². The van der Waals surface area contributed by atoms with E-state index < -0.39 is 5.97 Å². The molecule has 0 atom stereocenters. The van der Waals surface area contributed by atoms with Crippen LogP contribution in [0.2, 0.25) is 0 Å². The van der Waals surface area contributed by atoms with Crippen LogP contribution in [0, 0.1) is 0 Å². The number of carbonyl (C=O) groups is 1. The molecule has 4 nitrogen and oxygen atoms in total. The Kier molecular flexibility index (Phi) is 4.33. The zero-order chi connectivity index (χ0) is 13.0. The van der Waals surface area contributed by atoms with Crippen molar-refractivity contribution in [1.82, 2.24) is 4.98 Å². The maximum atomic E-state index is 11.6. The van der Waals surface area contributed by atoms with Crippen LogP contribution in [0.1, 0.15) is 17.4 Å². The van der Waals surface area contributed by atoms with Gasteiger partial charge in [0.25, 0.3) is 0 Å². The maximum Gasteiger partial charge on any atom is 0.359 e. The lowest BCUT2D eigenvalue weighted by atomic mass is 10.3. The van der Waals surface area contributed by atoms with E-state index >= 15 is 0 Å². The number of nitrogens with one attached hydrogen (secondary N) is 1. The number of rotatable bonds is 4. The number of thiazole rings is 1. The van der Waals surface area contributed by atoms with Crippen molar-refractivity contribution in [3.8, 4) is 0 Å². The number of anilines is 2. The molecule has 0 aliphatic carbocycles. The fourth-order valence-corrected chi connectivity index (χ4v) is 2.74. The number of aromatic nitrogens is 1. The van der Waals surface area contributed by atoms with Crippen LogP contribution in [0.4, 0.5) is 10.8 Å². The van der Waals surface area contributed by atoms with Crippen molar-refractivity contribution in [2.45, 2.75) is 6.92 Å². The minimum atomic E-state index is -0.415. The van der Waals surface area contributed by atoms with Crippen LogP contribution in [0.25, 0.3) is 0 Å². The zero-order valence-electron chi connectivity index (χ0n) is 9.64. The molecular formula is C12H11BrN2O2S. The average molecular weight is 327 g/mol. The Labute approximate surface area is 117 Å². The predicted octanol–water partition coefficient (Wildman–Crippen LogP) is 3.83. The Morgan fingerprint density at radius 3 is 2.83 bits per heavy atom. The Hall–Kier alpha value is -1.40. The van der Waals surface area contributed by atoms with E-state index in [-0.39, 0.29) is 0 Å². The minimum absolute atomic E-state index is 0.306. The molecule has 0 radical (unpaired) electrons. The summed E-state index contributed by atoms with van der Waals surface area (Å²) in [6, 6.07) is 9.65. The Morgan fingerprint density at radius 1 is 1.44 bits per heavy atom. The molecule has 0 unspecified atom stereocenters. The normalized spacial score (nSPS) is 10.1. The summed E-state index contributed by atoms with van der Waals surface area (Å²) in [7, 11) is 0.